The molecule has 0 saturated heterocycles. The van der Waals surface area contributed by atoms with Crippen molar-refractivity contribution >= 4 is 27.5 Å². The quantitative estimate of drug-likeness (QED) is 0.671. The van der Waals surface area contributed by atoms with Crippen molar-refractivity contribution in [1.82, 2.24) is 10.0 Å². The van der Waals surface area contributed by atoms with Gasteiger partial charge in [0, 0.05) is 23.7 Å². The lowest BCUT2D eigenvalue weighted by atomic mass is 10.1. The van der Waals surface area contributed by atoms with Crippen LogP contribution in [0.4, 0.5) is 5.69 Å². The van der Waals surface area contributed by atoms with Crippen LogP contribution in [0, 0.1) is 0 Å². The normalized spacial score (nSPS) is 12.9. The van der Waals surface area contributed by atoms with Gasteiger partial charge in [-0.25, -0.2) is 13.1 Å². The zero-order valence-electron chi connectivity index (χ0n) is 17.2. The summed E-state index contributed by atoms with van der Waals surface area (Å²) in [4.78, 5) is 23.8. The van der Waals surface area contributed by atoms with E-state index in [1.54, 1.807) is 39.0 Å². The Kier molecular flexibility index (Phi) is 6.81. The van der Waals surface area contributed by atoms with E-state index >= 15 is 0 Å². The second-order valence-corrected chi connectivity index (χ2v) is 9.56. The van der Waals surface area contributed by atoms with E-state index in [0.717, 1.165) is 5.56 Å². The summed E-state index contributed by atoms with van der Waals surface area (Å²) >= 11 is 0. The van der Waals surface area contributed by atoms with E-state index in [1.807, 2.05) is 13.0 Å². The van der Waals surface area contributed by atoms with Crippen molar-refractivity contribution in [3.05, 3.63) is 59.7 Å². The number of nitrogens with one attached hydrogen (secondary N) is 3. The van der Waals surface area contributed by atoms with Crippen LogP contribution < -0.4 is 15.4 Å². The number of carbonyl (C=O) groups is 2. The average molecular weight is 418 g/mol. The molecule has 0 aliphatic carbocycles. The average Bonchev–Trinajstić information content (AvgIpc) is 2.59. The molecule has 1 unspecified atom stereocenters. The molecule has 156 valence electrons. The van der Waals surface area contributed by atoms with Crippen LogP contribution in [0.2, 0.25) is 0 Å². The fourth-order valence-corrected chi connectivity index (χ4v) is 4.12. The number of carbonyl (C=O) groups excluding carboxylic acids is 2. The van der Waals surface area contributed by atoms with Crippen LogP contribution in [0.1, 0.15) is 56.6 Å². The standard InChI is InChI=1S/C21H27N3O4S/c1-14(17-7-6-8-18(13-17)23-15(2)25)22-20(26)16-9-11-19(12-10-16)29(27,28)24-21(3,4)5/h6-14,24H,1-5H3,(H,22,26)(H,23,25). The Hall–Kier alpha value is -2.71. The van der Waals surface area contributed by atoms with Crippen LogP contribution in [-0.4, -0.2) is 25.8 Å². The molecule has 0 bridgehead atoms. The topological polar surface area (TPSA) is 104 Å². The number of hydrogen-bond donors (Lipinski definition) is 3. The lowest BCUT2D eigenvalue weighted by Crippen LogP contribution is -2.40. The number of hydrogen-bond acceptors (Lipinski definition) is 4. The maximum Gasteiger partial charge on any atom is 0.251 e. The number of sulfonamides is 1. The van der Waals surface area contributed by atoms with Gasteiger partial charge in [-0.1, -0.05) is 12.1 Å². The Bertz CT molecular complexity index is 993. The van der Waals surface area contributed by atoms with Crippen molar-refractivity contribution in [3.8, 4) is 0 Å². The van der Waals surface area contributed by atoms with E-state index in [2.05, 4.69) is 15.4 Å². The van der Waals surface area contributed by atoms with Crippen molar-refractivity contribution in [2.75, 3.05) is 5.32 Å². The predicted octanol–water partition coefficient (Wildman–Crippen LogP) is 3.21. The molecule has 0 radical (unpaired) electrons. The Morgan fingerprint density at radius 1 is 1.00 bits per heavy atom. The van der Waals surface area contributed by atoms with Gasteiger partial charge in [-0.15, -0.1) is 0 Å². The number of rotatable bonds is 6. The molecule has 0 fully saturated rings. The Morgan fingerprint density at radius 2 is 1.62 bits per heavy atom. The molecule has 7 nitrogen and oxygen atoms in total. The molecule has 1 atom stereocenters. The SMILES string of the molecule is CC(=O)Nc1cccc(C(C)NC(=O)c2ccc(S(=O)(=O)NC(C)(C)C)cc2)c1. The summed E-state index contributed by atoms with van der Waals surface area (Å²) in [5.74, 6) is -0.495. The Labute approximate surface area is 172 Å². The van der Waals surface area contributed by atoms with Gasteiger partial charge in [-0.05, 0) is 69.7 Å². The van der Waals surface area contributed by atoms with Gasteiger partial charge >= 0.3 is 0 Å². The molecule has 29 heavy (non-hydrogen) atoms. The van der Waals surface area contributed by atoms with E-state index in [9.17, 15) is 18.0 Å². The van der Waals surface area contributed by atoms with Crippen molar-refractivity contribution in [2.45, 2.75) is 51.1 Å². The smallest absolute Gasteiger partial charge is 0.251 e. The van der Waals surface area contributed by atoms with Crippen LogP contribution >= 0.6 is 0 Å². The van der Waals surface area contributed by atoms with Crippen molar-refractivity contribution in [3.63, 3.8) is 0 Å². The van der Waals surface area contributed by atoms with Gasteiger partial charge in [0.05, 0.1) is 10.9 Å². The summed E-state index contributed by atoms with van der Waals surface area (Å²) in [7, 11) is -3.66. The highest BCUT2D eigenvalue weighted by Crippen LogP contribution is 2.19. The minimum atomic E-state index is -3.66. The molecule has 0 saturated carbocycles. The van der Waals surface area contributed by atoms with E-state index in [1.165, 1.54) is 31.2 Å². The molecule has 0 aromatic heterocycles. The minimum Gasteiger partial charge on any atom is -0.346 e. The van der Waals surface area contributed by atoms with E-state index in [4.69, 9.17) is 0 Å². The molecule has 0 aliphatic rings. The van der Waals surface area contributed by atoms with Crippen molar-refractivity contribution in [1.29, 1.82) is 0 Å². The summed E-state index contributed by atoms with van der Waals surface area (Å²) < 4.78 is 27.3. The summed E-state index contributed by atoms with van der Waals surface area (Å²) in [5.41, 5.74) is 1.23. The first-order valence-corrected chi connectivity index (χ1v) is 10.7. The van der Waals surface area contributed by atoms with Gasteiger partial charge in [0.1, 0.15) is 0 Å². The summed E-state index contributed by atoms with van der Waals surface area (Å²) in [6.45, 7) is 8.54. The monoisotopic (exact) mass is 417 g/mol. The summed E-state index contributed by atoms with van der Waals surface area (Å²) in [5, 5.41) is 5.58. The van der Waals surface area contributed by atoms with E-state index in [-0.39, 0.29) is 22.8 Å². The van der Waals surface area contributed by atoms with Gasteiger partial charge in [-0.3, -0.25) is 9.59 Å². The van der Waals surface area contributed by atoms with Gasteiger partial charge in [0.15, 0.2) is 0 Å². The van der Waals surface area contributed by atoms with Gasteiger partial charge in [-0.2, -0.15) is 0 Å². The second kappa shape index (κ2) is 8.75. The highest BCUT2D eigenvalue weighted by molar-refractivity contribution is 7.89. The maximum absolute atomic E-state index is 12.5. The molecule has 2 amide bonds. The molecule has 0 spiro atoms. The third kappa shape index (κ3) is 6.69. The van der Waals surface area contributed by atoms with Crippen LogP contribution in [0.25, 0.3) is 0 Å². The van der Waals surface area contributed by atoms with Crippen LogP contribution in [0.3, 0.4) is 0 Å². The number of anilines is 1. The summed E-state index contributed by atoms with van der Waals surface area (Å²) in [6.07, 6.45) is 0. The largest absolute Gasteiger partial charge is 0.346 e. The molecular formula is C21H27N3O4S. The fourth-order valence-electron chi connectivity index (χ4n) is 2.70. The Balaban J connectivity index is 2.10. The van der Waals surface area contributed by atoms with E-state index < -0.39 is 15.6 Å². The molecule has 3 N–H and O–H groups in total. The van der Waals surface area contributed by atoms with E-state index in [0.29, 0.717) is 11.3 Å². The number of amides is 2. The lowest BCUT2D eigenvalue weighted by Gasteiger charge is -2.20. The molecule has 2 aromatic rings. The van der Waals surface area contributed by atoms with Gasteiger partial charge < -0.3 is 10.6 Å². The molecule has 8 heteroatoms. The maximum atomic E-state index is 12.5. The fraction of sp³-hybridized carbons (Fsp3) is 0.333. The minimum absolute atomic E-state index is 0.0973. The summed E-state index contributed by atoms with van der Waals surface area (Å²) in [6, 6.07) is 12.7. The molecule has 2 aromatic carbocycles. The zero-order valence-corrected chi connectivity index (χ0v) is 18.1. The van der Waals surface area contributed by atoms with Crippen molar-refractivity contribution < 1.29 is 18.0 Å². The molecule has 0 aliphatic heterocycles. The lowest BCUT2D eigenvalue weighted by molar-refractivity contribution is -0.114. The molecular weight excluding hydrogens is 390 g/mol. The number of benzene rings is 2. The third-order valence-corrected chi connectivity index (χ3v) is 5.70. The first-order valence-electron chi connectivity index (χ1n) is 9.20. The van der Waals surface area contributed by atoms with Crippen LogP contribution in [0.15, 0.2) is 53.4 Å². The highest BCUT2D eigenvalue weighted by atomic mass is 32.2. The van der Waals surface area contributed by atoms with Crippen molar-refractivity contribution in [2.24, 2.45) is 0 Å². The first-order chi connectivity index (χ1) is 13.4. The van der Waals surface area contributed by atoms with Gasteiger partial charge in [0.25, 0.3) is 5.91 Å². The first kappa shape index (κ1) is 22.6. The van der Waals surface area contributed by atoms with Crippen LogP contribution in [-0.2, 0) is 14.8 Å². The molecule has 0 heterocycles. The molecule has 2 rings (SSSR count). The third-order valence-electron chi connectivity index (χ3n) is 3.92. The van der Waals surface area contributed by atoms with Gasteiger partial charge in [0.2, 0.25) is 15.9 Å². The predicted molar refractivity (Wildman–Crippen MR) is 113 cm³/mol. The Morgan fingerprint density at radius 3 is 2.17 bits per heavy atom. The highest BCUT2D eigenvalue weighted by Gasteiger charge is 2.22. The van der Waals surface area contributed by atoms with Crippen LogP contribution in [0.5, 0.6) is 0 Å². The zero-order chi connectivity index (χ0) is 21.8. The second-order valence-electron chi connectivity index (χ2n) is 7.88.